The Kier molecular flexibility index (Phi) is 6.88. The van der Waals surface area contributed by atoms with Gasteiger partial charge in [0.2, 0.25) is 5.88 Å². The van der Waals surface area contributed by atoms with E-state index >= 15 is 0 Å². The van der Waals surface area contributed by atoms with Gasteiger partial charge in [0.25, 0.3) is 0 Å². The number of rotatable bonds is 6. The highest BCUT2D eigenvalue weighted by molar-refractivity contribution is 8.13. The molecule has 0 radical (unpaired) electrons. The molecule has 0 N–H and O–H groups in total. The van der Waals surface area contributed by atoms with E-state index in [1.807, 2.05) is 27.7 Å². The molecule has 5 nitrogen and oxygen atoms in total. The average molecular weight is 417 g/mol. The van der Waals surface area contributed by atoms with Crippen LogP contribution in [0.2, 0.25) is 0 Å². The molecule has 0 saturated carbocycles. The summed E-state index contributed by atoms with van der Waals surface area (Å²) in [7, 11) is -0.641. The van der Waals surface area contributed by atoms with Gasteiger partial charge in [0.1, 0.15) is 0 Å². The second kappa shape index (κ2) is 8.46. The van der Waals surface area contributed by atoms with Crippen molar-refractivity contribution in [3.8, 4) is 5.88 Å². The molecule has 10 heteroatoms. The lowest BCUT2D eigenvalue weighted by Gasteiger charge is -2.32. The molecule has 1 fully saturated rings. The number of hydrogen-bond acceptors (Lipinski definition) is 6. The number of thioether (sulfide) groups is 1. The van der Waals surface area contributed by atoms with Crippen molar-refractivity contribution < 1.29 is 32.0 Å². The second-order valence-corrected chi connectivity index (χ2v) is 8.57. The quantitative estimate of drug-likeness (QED) is 0.643. The van der Waals surface area contributed by atoms with Crippen LogP contribution in [-0.2, 0) is 14.1 Å². The molecule has 0 aromatic carbocycles. The van der Waals surface area contributed by atoms with Crippen LogP contribution in [0.4, 0.5) is 13.2 Å². The summed E-state index contributed by atoms with van der Waals surface area (Å²) in [4.78, 5) is 15.3. The van der Waals surface area contributed by atoms with Gasteiger partial charge < -0.3 is 14.0 Å². The molecule has 0 spiro atoms. The third-order valence-corrected chi connectivity index (χ3v) is 5.38. The predicted molar refractivity (Wildman–Crippen MR) is 103 cm³/mol. The van der Waals surface area contributed by atoms with Gasteiger partial charge in [-0.15, -0.1) is 0 Å². The van der Waals surface area contributed by atoms with Crippen LogP contribution >= 0.6 is 11.8 Å². The maximum Gasteiger partial charge on any atom is 0.491 e. The van der Waals surface area contributed by atoms with E-state index in [0.717, 1.165) is 17.2 Å². The van der Waals surface area contributed by atoms with Gasteiger partial charge in [-0.25, -0.2) is 4.98 Å². The number of nitrogens with zero attached hydrogens (tertiary/aromatic N) is 1. The number of aromatic nitrogens is 1. The lowest BCUT2D eigenvalue weighted by atomic mass is 9.78. The summed E-state index contributed by atoms with van der Waals surface area (Å²) in [5.74, 6) is 0.239. The van der Waals surface area contributed by atoms with Gasteiger partial charge >= 0.3 is 13.3 Å². The van der Waals surface area contributed by atoms with Crippen LogP contribution in [0, 0.1) is 0 Å². The SMILES string of the molecule is CC(=O)SCC(=Cc1ccc(OCC(F)(F)F)nc1)B1OC(C)(C)C(C)(C)O1. The zero-order valence-corrected chi connectivity index (χ0v) is 17.2. The van der Waals surface area contributed by atoms with Crippen LogP contribution in [0.3, 0.4) is 0 Å². The summed E-state index contributed by atoms with van der Waals surface area (Å²) in [5.41, 5.74) is 0.286. The van der Waals surface area contributed by atoms with E-state index in [-0.39, 0.29) is 11.0 Å². The Bertz CT molecular complexity index is 719. The number of hydrogen-bond donors (Lipinski definition) is 0. The summed E-state index contributed by atoms with van der Waals surface area (Å²) in [5, 5.41) is -0.0450. The minimum atomic E-state index is -4.42. The van der Waals surface area contributed by atoms with Crippen LogP contribution in [0.1, 0.15) is 40.2 Å². The first kappa shape index (κ1) is 22.8. The molecule has 1 aromatic rings. The summed E-state index contributed by atoms with van der Waals surface area (Å²) >= 11 is 1.12. The molecule has 0 atom stereocenters. The van der Waals surface area contributed by atoms with Crippen LogP contribution < -0.4 is 4.74 Å². The molecule has 0 bridgehead atoms. The van der Waals surface area contributed by atoms with Crippen LogP contribution in [0.5, 0.6) is 5.88 Å². The number of alkyl halides is 3. The van der Waals surface area contributed by atoms with Gasteiger partial charge in [-0.2, -0.15) is 13.2 Å². The fourth-order valence-electron chi connectivity index (χ4n) is 2.29. The summed E-state index contributed by atoms with van der Waals surface area (Å²) in [6.45, 7) is 7.78. The largest absolute Gasteiger partial charge is 0.491 e. The Labute approximate surface area is 167 Å². The lowest BCUT2D eigenvalue weighted by molar-refractivity contribution is -0.154. The van der Waals surface area contributed by atoms with E-state index in [1.54, 1.807) is 12.1 Å². The zero-order chi connectivity index (χ0) is 21.2. The molecule has 1 aromatic heterocycles. The standard InChI is InChI=1S/C18H23BF3NO4S/c1-12(24)28-10-14(19-26-16(2,3)17(4,5)27-19)8-13-6-7-15(23-9-13)25-11-18(20,21)22/h6-9H,10-11H2,1-5H3. The van der Waals surface area contributed by atoms with E-state index in [4.69, 9.17) is 9.31 Å². The number of halogens is 3. The lowest BCUT2D eigenvalue weighted by Crippen LogP contribution is -2.41. The van der Waals surface area contributed by atoms with E-state index in [0.29, 0.717) is 11.3 Å². The number of carbonyl (C=O) groups is 1. The Morgan fingerprint density at radius 3 is 2.32 bits per heavy atom. The first-order chi connectivity index (χ1) is 12.8. The Morgan fingerprint density at radius 1 is 1.25 bits per heavy atom. The Hall–Kier alpha value is -1.52. The summed E-state index contributed by atoms with van der Waals surface area (Å²) in [6, 6.07) is 2.94. The highest BCUT2D eigenvalue weighted by Crippen LogP contribution is 2.39. The van der Waals surface area contributed by atoms with E-state index in [1.165, 1.54) is 19.2 Å². The summed E-state index contributed by atoms with van der Waals surface area (Å²) < 4.78 is 53.4. The molecule has 154 valence electrons. The third-order valence-electron chi connectivity index (χ3n) is 4.49. The molecular formula is C18H23BF3NO4S. The van der Waals surface area contributed by atoms with Gasteiger partial charge in [0, 0.05) is 24.9 Å². The van der Waals surface area contributed by atoms with Gasteiger partial charge in [0.15, 0.2) is 11.7 Å². The van der Waals surface area contributed by atoms with E-state index in [9.17, 15) is 18.0 Å². The molecule has 0 amide bonds. The molecule has 28 heavy (non-hydrogen) atoms. The topological polar surface area (TPSA) is 57.7 Å². The Morgan fingerprint density at radius 2 is 1.86 bits per heavy atom. The number of ether oxygens (including phenoxy) is 1. The zero-order valence-electron chi connectivity index (χ0n) is 16.4. The molecule has 0 aliphatic carbocycles. The van der Waals surface area contributed by atoms with Crippen LogP contribution in [-0.4, -0.2) is 47.0 Å². The average Bonchev–Trinajstić information content (AvgIpc) is 2.77. The van der Waals surface area contributed by atoms with Crippen molar-refractivity contribution in [1.29, 1.82) is 0 Å². The van der Waals surface area contributed by atoms with Gasteiger partial charge in [-0.05, 0) is 44.8 Å². The fraction of sp³-hybridized carbons (Fsp3) is 0.556. The second-order valence-electron chi connectivity index (χ2n) is 7.42. The number of carbonyl (C=O) groups excluding carboxylic acids is 1. The molecule has 1 aliphatic rings. The highest BCUT2D eigenvalue weighted by atomic mass is 32.2. The molecule has 1 aliphatic heterocycles. The van der Waals surface area contributed by atoms with Crippen molar-refractivity contribution in [1.82, 2.24) is 4.98 Å². The Balaban J connectivity index is 2.19. The molecule has 0 unspecified atom stereocenters. The first-order valence-electron chi connectivity index (χ1n) is 8.64. The fourth-order valence-corrected chi connectivity index (χ4v) is 2.88. The highest BCUT2D eigenvalue weighted by Gasteiger charge is 2.52. The minimum Gasteiger partial charge on any atom is -0.468 e. The maximum atomic E-state index is 12.2. The summed E-state index contributed by atoms with van der Waals surface area (Å²) in [6.07, 6.45) is -1.26. The predicted octanol–water partition coefficient (Wildman–Crippen LogP) is 4.32. The minimum absolute atomic E-state index is 0.0450. The number of pyridine rings is 1. The molecule has 1 saturated heterocycles. The monoisotopic (exact) mass is 417 g/mol. The maximum absolute atomic E-state index is 12.2. The van der Waals surface area contributed by atoms with E-state index < -0.39 is 31.1 Å². The molecule has 2 rings (SSSR count). The van der Waals surface area contributed by atoms with Crippen molar-refractivity contribution in [3.63, 3.8) is 0 Å². The van der Waals surface area contributed by atoms with Crippen molar-refractivity contribution in [3.05, 3.63) is 29.4 Å². The van der Waals surface area contributed by atoms with Crippen LogP contribution in [0.25, 0.3) is 6.08 Å². The van der Waals surface area contributed by atoms with Crippen molar-refractivity contribution in [2.24, 2.45) is 0 Å². The molecular weight excluding hydrogens is 394 g/mol. The van der Waals surface area contributed by atoms with E-state index in [2.05, 4.69) is 9.72 Å². The van der Waals surface area contributed by atoms with Gasteiger partial charge in [-0.1, -0.05) is 17.8 Å². The van der Waals surface area contributed by atoms with Gasteiger partial charge in [0.05, 0.1) is 11.2 Å². The molecule has 2 heterocycles. The normalized spacial score (nSPS) is 19.0. The smallest absolute Gasteiger partial charge is 0.468 e. The van der Waals surface area contributed by atoms with Gasteiger partial charge in [-0.3, -0.25) is 4.79 Å². The first-order valence-corrected chi connectivity index (χ1v) is 9.63. The van der Waals surface area contributed by atoms with Crippen molar-refractivity contribution >= 4 is 30.1 Å². The van der Waals surface area contributed by atoms with Crippen molar-refractivity contribution in [2.75, 3.05) is 12.4 Å². The third kappa shape index (κ3) is 6.25. The van der Waals surface area contributed by atoms with Crippen molar-refractivity contribution in [2.45, 2.75) is 52.0 Å². The van der Waals surface area contributed by atoms with Crippen LogP contribution in [0.15, 0.2) is 23.8 Å².